The molecule has 19 heavy (non-hydrogen) atoms. The largest absolute Gasteiger partial charge is 0.573 e. The van der Waals surface area contributed by atoms with E-state index in [1.54, 1.807) is 18.2 Å². The number of alkyl halides is 3. The van der Waals surface area contributed by atoms with Gasteiger partial charge in [0.2, 0.25) is 0 Å². The Kier molecular flexibility index (Phi) is 3.71. The van der Waals surface area contributed by atoms with Crippen molar-refractivity contribution in [2.24, 2.45) is 0 Å². The van der Waals surface area contributed by atoms with Gasteiger partial charge in [-0.05, 0) is 29.8 Å². The van der Waals surface area contributed by atoms with E-state index in [2.05, 4.69) is 9.72 Å². The van der Waals surface area contributed by atoms with Gasteiger partial charge in [0.15, 0.2) is 0 Å². The number of pyridine rings is 1. The minimum Gasteiger partial charge on any atom is -0.406 e. The number of aliphatic hydroxyl groups is 1. The molecule has 0 aliphatic rings. The van der Waals surface area contributed by atoms with E-state index in [0.717, 1.165) is 6.07 Å². The summed E-state index contributed by atoms with van der Waals surface area (Å²) in [5, 5.41) is 10.0. The van der Waals surface area contributed by atoms with Crippen LogP contribution in [0, 0.1) is 0 Å². The first-order chi connectivity index (χ1) is 8.96. The first-order valence-electron chi connectivity index (χ1n) is 5.40. The van der Waals surface area contributed by atoms with Gasteiger partial charge in [0.05, 0.1) is 5.69 Å². The van der Waals surface area contributed by atoms with Crippen LogP contribution in [0.2, 0.25) is 0 Å². The van der Waals surface area contributed by atoms with Crippen molar-refractivity contribution in [1.29, 1.82) is 0 Å². The summed E-state index contributed by atoms with van der Waals surface area (Å²) in [4.78, 5) is 3.95. The SMILES string of the molecule is OC(c1cccc(OC(F)(F)F)c1)c1ccccn1. The zero-order chi connectivity index (χ0) is 13.9. The summed E-state index contributed by atoms with van der Waals surface area (Å²) in [6.45, 7) is 0. The van der Waals surface area contributed by atoms with Gasteiger partial charge in [-0.2, -0.15) is 0 Å². The number of hydrogen-bond donors (Lipinski definition) is 1. The summed E-state index contributed by atoms with van der Waals surface area (Å²) in [6, 6.07) is 10.1. The molecule has 0 aliphatic heterocycles. The Balaban J connectivity index is 2.24. The summed E-state index contributed by atoms with van der Waals surface area (Å²) in [7, 11) is 0. The molecular weight excluding hydrogens is 259 g/mol. The van der Waals surface area contributed by atoms with Gasteiger partial charge < -0.3 is 9.84 Å². The molecule has 3 nitrogen and oxygen atoms in total. The molecular formula is C13H10F3NO2. The summed E-state index contributed by atoms with van der Waals surface area (Å²) in [6.07, 6.45) is -4.36. The van der Waals surface area contributed by atoms with Gasteiger partial charge in [0.1, 0.15) is 11.9 Å². The number of aromatic nitrogens is 1. The van der Waals surface area contributed by atoms with Crippen LogP contribution < -0.4 is 4.74 Å². The van der Waals surface area contributed by atoms with E-state index in [-0.39, 0.29) is 11.3 Å². The maximum atomic E-state index is 12.1. The molecule has 2 aromatic rings. The van der Waals surface area contributed by atoms with E-state index in [4.69, 9.17) is 0 Å². The minimum atomic E-state index is -4.76. The molecule has 1 N–H and O–H groups in total. The zero-order valence-corrected chi connectivity index (χ0v) is 9.63. The van der Waals surface area contributed by atoms with Crippen LogP contribution >= 0.6 is 0 Å². The Bertz CT molecular complexity index is 543. The number of halogens is 3. The molecule has 1 unspecified atom stereocenters. The first-order valence-corrected chi connectivity index (χ1v) is 5.40. The lowest BCUT2D eigenvalue weighted by atomic mass is 10.1. The number of rotatable bonds is 3. The lowest BCUT2D eigenvalue weighted by Crippen LogP contribution is -2.17. The molecule has 1 heterocycles. The van der Waals surface area contributed by atoms with Gasteiger partial charge >= 0.3 is 6.36 Å². The second-order valence-electron chi connectivity index (χ2n) is 3.78. The molecule has 1 atom stereocenters. The first kappa shape index (κ1) is 13.4. The van der Waals surface area contributed by atoms with Gasteiger partial charge in [0, 0.05) is 6.20 Å². The van der Waals surface area contributed by atoms with E-state index in [9.17, 15) is 18.3 Å². The highest BCUT2D eigenvalue weighted by Crippen LogP contribution is 2.27. The lowest BCUT2D eigenvalue weighted by molar-refractivity contribution is -0.274. The average Bonchev–Trinajstić information content (AvgIpc) is 2.37. The van der Waals surface area contributed by atoms with Crippen molar-refractivity contribution in [2.45, 2.75) is 12.5 Å². The molecule has 6 heteroatoms. The van der Waals surface area contributed by atoms with E-state index in [1.807, 2.05) is 0 Å². The smallest absolute Gasteiger partial charge is 0.406 e. The van der Waals surface area contributed by atoms with Crippen molar-refractivity contribution in [1.82, 2.24) is 4.98 Å². The van der Waals surface area contributed by atoms with Crippen LogP contribution in [0.3, 0.4) is 0 Å². The molecule has 0 radical (unpaired) electrons. The highest BCUT2D eigenvalue weighted by atomic mass is 19.4. The standard InChI is InChI=1S/C13H10F3NO2/c14-13(15,16)19-10-5-3-4-9(8-10)12(18)11-6-1-2-7-17-11/h1-8,12,18H. The third-order valence-corrected chi connectivity index (χ3v) is 2.38. The molecule has 0 saturated carbocycles. The van der Waals surface area contributed by atoms with Gasteiger partial charge in [-0.15, -0.1) is 13.2 Å². The minimum absolute atomic E-state index is 0.278. The third kappa shape index (κ3) is 3.69. The van der Waals surface area contributed by atoms with Crippen LogP contribution in [0.15, 0.2) is 48.7 Å². The summed E-state index contributed by atoms with van der Waals surface area (Å²) in [5.41, 5.74) is 0.632. The molecule has 2 rings (SSSR count). The quantitative estimate of drug-likeness (QED) is 0.931. The molecule has 0 fully saturated rings. The molecule has 0 saturated heterocycles. The van der Waals surface area contributed by atoms with Crippen molar-refractivity contribution in [3.8, 4) is 5.75 Å². The molecule has 0 amide bonds. The summed E-state index contributed by atoms with van der Waals surface area (Å²) >= 11 is 0. The molecule has 100 valence electrons. The van der Waals surface area contributed by atoms with Crippen LogP contribution in [0.5, 0.6) is 5.75 Å². The van der Waals surface area contributed by atoms with E-state index in [0.29, 0.717) is 5.69 Å². The van der Waals surface area contributed by atoms with Crippen LogP contribution in [0.25, 0.3) is 0 Å². The molecule has 1 aromatic carbocycles. The fraction of sp³-hybridized carbons (Fsp3) is 0.154. The van der Waals surface area contributed by atoms with Crippen molar-refractivity contribution in [3.63, 3.8) is 0 Å². The fourth-order valence-corrected chi connectivity index (χ4v) is 1.59. The number of aliphatic hydroxyl groups excluding tert-OH is 1. The monoisotopic (exact) mass is 269 g/mol. The highest BCUT2D eigenvalue weighted by Gasteiger charge is 2.31. The molecule has 0 bridgehead atoms. The highest BCUT2D eigenvalue weighted by molar-refractivity contribution is 5.33. The van der Waals surface area contributed by atoms with Crippen LogP contribution in [0.4, 0.5) is 13.2 Å². The lowest BCUT2D eigenvalue weighted by Gasteiger charge is -2.13. The van der Waals surface area contributed by atoms with Gasteiger partial charge in [-0.1, -0.05) is 18.2 Å². The Morgan fingerprint density at radius 2 is 1.89 bits per heavy atom. The number of nitrogens with zero attached hydrogens (tertiary/aromatic N) is 1. The normalized spacial score (nSPS) is 13.1. The van der Waals surface area contributed by atoms with Crippen LogP contribution in [-0.4, -0.2) is 16.5 Å². The Hall–Kier alpha value is -2.08. The predicted molar refractivity (Wildman–Crippen MR) is 61.4 cm³/mol. The summed E-state index contributed by atoms with van der Waals surface area (Å²) < 4.78 is 40.1. The second-order valence-corrected chi connectivity index (χ2v) is 3.78. The van der Waals surface area contributed by atoms with E-state index >= 15 is 0 Å². The topological polar surface area (TPSA) is 42.4 Å². The average molecular weight is 269 g/mol. The summed E-state index contributed by atoms with van der Waals surface area (Å²) in [5.74, 6) is -0.375. The van der Waals surface area contributed by atoms with Crippen molar-refractivity contribution in [2.75, 3.05) is 0 Å². The van der Waals surface area contributed by atoms with Crippen molar-refractivity contribution < 1.29 is 23.0 Å². The fourth-order valence-electron chi connectivity index (χ4n) is 1.59. The Morgan fingerprint density at radius 1 is 1.11 bits per heavy atom. The van der Waals surface area contributed by atoms with Gasteiger partial charge in [-0.25, -0.2) is 0 Å². The Morgan fingerprint density at radius 3 is 2.53 bits per heavy atom. The molecule has 0 aliphatic carbocycles. The Labute approximate surface area is 107 Å². The number of benzene rings is 1. The number of ether oxygens (including phenoxy) is 1. The van der Waals surface area contributed by atoms with Crippen LogP contribution in [-0.2, 0) is 0 Å². The molecule has 1 aromatic heterocycles. The van der Waals surface area contributed by atoms with Gasteiger partial charge in [0.25, 0.3) is 0 Å². The zero-order valence-electron chi connectivity index (χ0n) is 9.63. The third-order valence-electron chi connectivity index (χ3n) is 2.38. The maximum Gasteiger partial charge on any atom is 0.573 e. The van der Waals surface area contributed by atoms with E-state index in [1.165, 1.54) is 24.4 Å². The maximum absolute atomic E-state index is 12.1. The second kappa shape index (κ2) is 5.27. The van der Waals surface area contributed by atoms with Crippen molar-refractivity contribution >= 4 is 0 Å². The van der Waals surface area contributed by atoms with Crippen LogP contribution in [0.1, 0.15) is 17.4 Å². The van der Waals surface area contributed by atoms with Gasteiger partial charge in [-0.3, -0.25) is 4.98 Å². The molecule has 0 spiro atoms. The predicted octanol–water partition coefficient (Wildman–Crippen LogP) is 3.06. The number of hydrogen-bond acceptors (Lipinski definition) is 3. The van der Waals surface area contributed by atoms with E-state index < -0.39 is 12.5 Å². The van der Waals surface area contributed by atoms with Crippen molar-refractivity contribution in [3.05, 3.63) is 59.9 Å².